The molecule has 30 heavy (non-hydrogen) atoms. The fourth-order valence-electron chi connectivity index (χ4n) is 2.78. The standard InChI is InChI=1S/C21H18FN3O4S/c1-11-16(21(28)29-2)20(25-18(26)12-5-3-6-13(22)9-12)30-17(11)19(27)24-15-8-4-7-14(23)10-15/h3-10H,23H2,1-2H3,(H,24,27)(H,25,26). The van der Waals surface area contributed by atoms with Gasteiger partial charge in [0.1, 0.15) is 10.8 Å². The number of amides is 2. The third-order valence-corrected chi connectivity index (χ3v) is 5.41. The molecular weight excluding hydrogens is 409 g/mol. The molecule has 0 bridgehead atoms. The van der Waals surface area contributed by atoms with Gasteiger partial charge in [0.2, 0.25) is 0 Å². The molecule has 3 aromatic rings. The number of esters is 1. The third-order valence-electron chi connectivity index (χ3n) is 4.20. The number of hydrogen-bond acceptors (Lipinski definition) is 6. The third kappa shape index (κ3) is 4.47. The highest BCUT2D eigenvalue weighted by molar-refractivity contribution is 7.19. The predicted octanol–water partition coefficient (Wildman–Crippen LogP) is 4.07. The highest BCUT2D eigenvalue weighted by Crippen LogP contribution is 2.34. The predicted molar refractivity (Wildman–Crippen MR) is 114 cm³/mol. The Labute approximate surface area is 175 Å². The Kier molecular flexibility index (Phi) is 6.12. The lowest BCUT2D eigenvalue weighted by Gasteiger charge is -2.06. The van der Waals surface area contributed by atoms with Crippen molar-refractivity contribution in [3.8, 4) is 0 Å². The zero-order chi connectivity index (χ0) is 21.8. The normalized spacial score (nSPS) is 10.4. The number of benzene rings is 2. The fourth-order valence-corrected chi connectivity index (χ4v) is 3.86. The molecule has 3 rings (SSSR count). The van der Waals surface area contributed by atoms with Crippen molar-refractivity contribution in [1.29, 1.82) is 0 Å². The SMILES string of the molecule is COC(=O)c1c(NC(=O)c2cccc(F)c2)sc(C(=O)Nc2cccc(N)c2)c1C. The summed E-state index contributed by atoms with van der Waals surface area (Å²) in [7, 11) is 1.20. The van der Waals surface area contributed by atoms with E-state index < -0.39 is 23.6 Å². The smallest absolute Gasteiger partial charge is 0.341 e. The second kappa shape index (κ2) is 8.75. The van der Waals surface area contributed by atoms with E-state index in [0.29, 0.717) is 16.9 Å². The van der Waals surface area contributed by atoms with Crippen LogP contribution in [0.25, 0.3) is 0 Å². The minimum Gasteiger partial charge on any atom is -0.465 e. The van der Waals surface area contributed by atoms with Crippen LogP contribution in [0, 0.1) is 12.7 Å². The molecule has 0 aliphatic heterocycles. The molecule has 0 saturated carbocycles. The molecule has 0 aliphatic carbocycles. The minimum atomic E-state index is -0.707. The molecule has 1 heterocycles. The summed E-state index contributed by atoms with van der Waals surface area (Å²) in [5, 5.41) is 5.41. The summed E-state index contributed by atoms with van der Waals surface area (Å²) in [4.78, 5) is 37.8. The Morgan fingerprint density at radius 1 is 1.03 bits per heavy atom. The van der Waals surface area contributed by atoms with Crippen LogP contribution in [0.2, 0.25) is 0 Å². The minimum absolute atomic E-state index is 0.0602. The van der Waals surface area contributed by atoms with Gasteiger partial charge in [-0.3, -0.25) is 9.59 Å². The average molecular weight is 427 g/mol. The van der Waals surface area contributed by atoms with E-state index in [4.69, 9.17) is 10.5 Å². The van der Waals surface area contributed by atoms with Gasteiger partial charge >= 0.3 is 5.97 Å². The Morgan fingerprint density at radius 2 is 1.77 bits per heavy atom. The first-order valence-electron chi connectivity index (χ1n) is 8.75. The number of anilines is 3. The van der Waals surface area contributed by atoms with Crippen molar-refractivity contribution in [3.05, 3.63) is 75.9 Å². The molecule has 0 saturated heterocycles. The van der Waals surface area contributed by atoms with Gasteiger partial charge < -0.3 is 21.1 Å². The molecule has 0 unspecified atom stereocenters. The van der Waals surface area contributed by atoms with Crippen molar-refractivity contribution in [2.75, 3.05) is 23.5 Å². The number of carbonyl (C=O) groups excluding carboxylic acids is 3. The molecule has 154 valence electrons. The molecular formula is C21H18FN3O4S. The van der Waals surface area contributed by atoms with E-state index in [-0.39, 0.29) is 21.0 Å². The van der Waals surface area contributed by atoms with Gasteiger partial charge in [0.25, 0.3) is 11.8 Å². The van der Waals surface area contributed by atoms with E-state index in [2.05, 4.69) is 10.6 Å². The zero-order valence-corrected chi connectivity index (χ0v) is 16.9. The average Bonchev–Trinajstić information content (AvgIpc) is 3.03. The Bertz CT molecular complexity index is 1140. The molecule has 7 nitrogen and oxygen atoms in total. The van der Waals surface area contributed by atoms with E-state index in [1.165, 1.54) is 25.3 Å². The number of ether oxygens (including phenoxy) is 1. The van der Waals surface area contributed by atoms with Crippen molar-refractivity contribution >= 4 is 45.5 Å². The summed E-state index contributed by atoms with van der Waals surface area (Å²) >= 11 is 0.919. The first kappa shape index (κ1) is 21.0. The molecule has 4 N–H and O–H groups in total. The Hall–Kier alpha value is -3.72. The van der Waals surface area contributed by atoms with Gasteiger partial charge in [0.15, 0.2) is 0 Å². The lowest BCUT2D eigenvalue weighted by molar-refractivity contribution is 0.0601. The fraction of sp³-hybridized carbons (Fsp3) is 0.0952. The lowest BCUT2D eigenvalue weighted by Crippen LogP contribution is -2.14. The molecule has 0 fully saturated rings. The summed E-state index contributed by atoms with van der Waals surface area (Å²) in [6.45, 7) is 1.58. The summed E-state index contributed by atoms with van der Waals surface area (Å²) in [5.41, 5.74) is 7.17. The first-order valence-corrected chi connectivity index (χ1v) is 9.57. The van der Waals surface area contributed by atoms with Crippen LogP contribution >= 0.6 is 11.3 Å². The summed E-state index contributed by atoms with van der Waals surface area (Å²) in [6, 6.07) is 11.8. The second-order valence-corrected chi connectivity index (χ2v) is 7.32. The monoisotopic (exact) mass is 427 g/mol. The number of halogens is 1. The quantitative estimate of drug-likeness (QED) is 0.420. The number of hydrogen-bond donors (Lipinski definition) is 3. The highest BCUT2D eigenvalue weighted by Gasteiger charge is 2.26. The van der Waals surface area contributed by atoms with Gasteiger partial charge in [-0.05, 0) is 48.9 Å². The first-order chi connectivity index (χ1) is 14.3. The van der Waals surface area contributed by atoms with E-state index in [9.17, 15) is 18.8 Å². The molecule has 9 heteroatoms. The van der Waals surface area contributed by atoms with Crippen LogP contribution in [0.1, 0.15) is 36.0 Å². The van der Waals surface area contributed by atoms with Gasteiger partial charge in [-0.2, -0.15) is 0 Å². The van der Waals surface area contributed by atoms with Gasteiger partial charge in [0, 0.05) is 16.9 Å². The molecule has 0 atom stereocenters. The number of methoxy groups -OCH3 is 1. The van der Waals surface area contributed by atoms with Crippen molar-refractivity contribution in [2.45, 2.75) is 6.92 Å². The summed E-state index contributed by atoms with van der Waals surface area (Å²) in [6.07, 6.45) is 0. The van der Waals surface area contributed by atoms with Gasteiger partial charge in [-0.25, -0.2) is 9.18 Å². The number of nitrogens with one attached hydrogen (secondary N) is 2. The van der Waals surface area contributed by atoms with Crippen molar-refractivity contribution in [1.82, 2.24) is 0 Å². The maximum Gasteiger partial charge on any atom is 0.341 e. The maximum absolute atomic E-state index is 13.4. The number of carbonyl (C=O) groups is 3. The zero-order valence-electron chi connectivity index (χ0n) is 16.1. The van der Waals surface area contributed by atoms with E-state index in [0.717, 1.165) is 17.4 Å². The molecule has 0 aliphatic rings. The Balaban J connectivity index is 1.94. The van der Waals surface area contributed by atoms with Gasteiger partial charge in [-0.15, -0.1) is 11.3 Å². The Morgan fingerprint density at radius 3 is 2.43 bits per heavy atom. The molecule has 0 radical (unpaired) electrons. The number of rotatable bonds is 5. The van der Waals surface area contributed by atoms with Crippen LogP contribution in [-0.4, -0.2) is 24.9 Å². The second-order valence-electron chi connectivity index (χ2n) is 6.30. The van der Waals surface area contributed by atoms with Crippen LogP contribution in [0.4, 0.5) is 20.8 Å². The van der Waals surface area contributed by atoms with Crippen LogP contribution < -0.4 is 16.4 Å². The summed E-state index contributed by atoms with van der Waals surface area (Å²) in [5.74, 6) is -2.37. The van der Waals surface area contributed by atoms with Crippen molar-refractivity contribution < 1.29 is 23.5 Å². The van der Waals surface area contributed by atoms with Crippen LogP contribution in [0.3, 0.4) is 0 Å². The van der Waals surface area contributed by atoms with E-state index >= 15 is 0 Å². The van der Waals surface area contributed by atoms with Gasteiger partial charge in [0.05, 0.1) is 17.6 Å². The number of nitrogen functional groups attached to an aromatic ring is 1. The van der Waals surface area contributed by atoms with Crippen molar-refractivity contribution in [3.63, 3.8) is 0 Å². The van der Waals surface area contributed by atoms with Crippen LogP contribution in [0.15, 0.2) is 48.5 Å². The molecule has 1 aromatic heterocycles. The largest absolute Gasteiger partial charge is 0.465 e. The molecule has 2 amide bonds. The molecule has 0 spiro atoms. The number of thiophene rings is 1. The number of nitrogens with two attached hydrogens (primary N) is 1. The van der Waals surface area contributed by atoms with Gasteiger partial charge in [-0.1, -0.05) is 12.1 Å². The highest BCUT2D eigenvalue weighted by atomic mass is 32.1. The topological polar surface area (TPSA) is 111 Å². The van der Waals surface area contributed by atoms with Crippen molar-refractivity contribution in [2.24, 2.45) is 0 Å². The lowest BCUT2D eigenvalue weighted by atomic mass is 10.1. The van der Waals surface area contributed by atoms with Crippen LogP contribution in [-0.2, 0) is 4.74 Å². The van der Waals surface area contributed by atoms with E-state index in [1.54, 1.807) is 31.2 Å². The molecule has 2 aromatic carbocycles. The maximum atomic E-state index is 13.4. The summed E-state index contributed by atoms with van der Waals surface area (Å²) < 4.78 is 18.2. The van der Waals surface area contributed by atoms with Crippen LogP contribution in [0.5, 0.6) is 0 Å². The van der Waals surface area contributed by atoms with E-state index in [1.807, 2.05) is 0 Å².